The molecule has 0 unspecified atom stereocenters. The smallest absolute Gasteiger partial charge is 0.336 e. The van der Waals surface area contributed by atoms with Gasteiger partial charge < -0.3 is 14.8 Å². The predicted octanol–water partition coefficient (Wildman–Crippen LogP) is 4.17. The molecule has 0 bridgehead atoms. The lowest BCUT2D eigenvalue weighted by atomic mass is 9.69. The standard InChI is InChI=1S/C25H30FNO5/c1-5-9-17-22(25(30)32-7-3)20(15-10-8-11-16(26)13-15)21-18(27-17)12-14(4)19(23(21)28)24(29)31-6-2/h8,10-11,13-14,19-20,27H,5-7,9,12H2,1-4H3/t14-,19-,20-/m0/s1. The number of carbonyl (C=O) groups is 3. The number of nitrogens with one attached hydrogen (secondary N) is 1. The SMILES string of the molecule is CCCC1=C(C(=O)OCC)[C@@H](c2cccc(F)c2)C2=C(C[C@H](C)[C@H](C(=O)OCC)C2=O)N1. The summed E-state index contributed by atoms with van der Waals surface area (Å²) in [5.74, 6) is -4.05. The number of allylic oxidation sites excluding steroid dienone is 3. The highest BCUT2D eigenvalue weighted by molar-refractivity contribution is 6.12. The third-order valence-corrected chi connectivity index (χ3v) is 5.89. The van der Waals surface area contributed by atoms with Crippen LogP contribution in [0.4, 0.5) is 4.39 Å². The molecule has 0 amide bonds. The molecule has 7 heteroatoms. The van der Waals surface area contributed by atoms with Crippen LogP contribution in [-0.2, 0) is 23.9 Å². The maximum atomic E-state index is 14.2. The molecule has 1 N–H and O–H groups in total. The van der Waals surface area contributed by atoms with Gasteiger partial charge in [-0.3, -0.25) is 9.59 Å². The molecule has 3 atom stereocenters. The molecule has 6 nitrogen and oxygen atoms in total. The number of halogens is 1. The molecule has 0 saturated heterocycles. The minimum Gasteiger partial charge on any atom is -0.465 e. The van der Waals surface area contributed by atoms with Gasteiger partial charge in [0.15, 0.2) is 5.78 Å². The molecular weight excluding hydrogens is 413 g/mol. The first-order valence-corrected chi connectivity index (χ1v) is 11.2. The van der Waals surface area contributed by atoms with E-state index in [0.29, 0.717) is 40.9 Å². The van der Waals surface area contributed by atoms with Gasteiger partial charge in [0.05, 0.1) is 18.8 Å². The third-order valence-electron chi connectivity index (χ3n) is 5.89. The molecular formula is C25H30FNO5. The number of rotatable bonds is 7. The van der Waals surface area contributed by atoms with Gasteiger partial charge in [0.2, 0.25) is 0 Å². The zero-order chi connectivity index (χ0) is 23.4. The Morgan fingerprint density at radius 2 is 1.88 bits per heavy atom. The predicted molar refractivity (Wildman–Crippen MR) is 117 cm³/mol. The normalized spacial score (nSPS) is 22.9. The van der Waals surface area contributed by atoms with Crippen LogP contribution in [0, 0.1) is 17.7 Å². The Kier molecular flexibility index (Phi) is 7.48. The lowest BCUT2D eigenvalue weighted by Crippen LogP contribution is -2.43. The monoisotopic (exact) mass is 443 g/mol. The van der Waals surface area contributed by atoms with Crippen molar-refractivity contribution in [2.24, 2.45) is 11.8 Å². The summed E-state index contributed by atoms with van der Waals surface area (Å²) in [4.78, 5) is 39.4. The van der Waals surface area contributed by atoms with Crippen LogP contribution in [0.25, 0.3) is 0 Å². The fourth-order valence-corrected chi connectivity index (χ4v) is 4.62. The third kappa shape index (κ3) is 4.47. The molecule has 0 fully saturated rings. The van der Waals surface area contributed by atoms with Crippen molar-refractivity contribution in [1.29, 1.82) is 0 Å². The number of esters is 2. The summed E-state index contributed by atoms with van der Waals surface area (Å²) in [5, 5.41) is 3.30. The number of benzene rings is 1. The van der Waals surface area contributed by atoms with Crippen molar-refractivity contribution in [3.05, 3.63) is 58.2 Å². The summed E-state index contributed by atoms with van der Waals surface area (Å²) in [6.07, 6.45) is 1.78. The zero-order valence-electron chi connectivity index (χ0n) is 19.0. The van der Waals surface area contributed by atoms with Gasteiger partial charge in [-0.05, 0) is 50.3 Å². The van der Waals surface area contributed by atoms with Crippen molar-refractivity contribution in [1.82, 2.24) is 5.32 Å². The van der Waals surface area contributed by atoms with Crippen molar-refractivity contribution >= 4 is 17.7 Å². The average molecular weight is 444 g/mol. The molecule has 0 aromatic heterocycles. The quantitative estimate of drug-likeness (QED) is 0.503. The van der Waals surface area contributed by atoms with E-state index in [4.69, 9.17) is 9.47 Å². The van der Waals surface area contributed by atoms with Gasteiger partial charge in [0.1, 0.15) is 11.7 Å². The molecule has 3 rings (SSSR count). The molecule has 2 aliphatic rings. The highest BCUT2D eigenvalue weighted by Gasteiger charge is 2.47. The fraction of sp³-hybridized carbons (Fsp3) is 0.480. The molecule has 1 heterocycles. The number of ketones is 1. The Morgan fingerprint density at radius 1 is 1.16 bits per heavy atom. The van der Waals surface area contributed by atoms with E-state index in [1.54, 1.807) is 26.0 Å². The summed E-state index contributed by atoms with van der Waals surface area (Å²) >= 11 is 0. The van der Waals surface area contributed by atoms with Crippen LogP contribution < -0.4 is 5.32 Å². The molecule has 1 aliphatic heterocycles. The van der Waals surface area contributed by atoms with Crippen molar-refractivity contribution < 1.29 is 28.2 Å². The number of hydrogen-bond acceptors (Lipinski definition) is 6. The minimum absolute atomic E-state index is 0.167. The van der Waals surface area contributed by atoms with Gasteiger partial charge in [0, 0.05) is 22.9 Å². The molecule has 1 aliphatic carbocycles. The Bertz CT molecular complexity index is 980. The lowest BCUT2D eigenvalue weighted by molar-refractivity contribution is -0.153. The first-order valence-electron chi connectivity index (χ1n) is 11.2. The van der Waals surface area contributed by atoms with Gasteiger partial charge in [0.25, 0.3) is 0 Å². The average Bonchev–Trinajstić information content (AvgIpc) is 2.73. The first kappa shape index (κ1) is 23.7. The van der Waals surface area contributed by atoms with Crippen LogP contribution in [0.2, 0.25) is 0 Å². The van der Waals surface area contributed by atoms with Gasteiger partial charge in [-0.25, -0.2) is 9.18 Å². The van der Waals surface area contributed by atoms with E-state index in [2.05, 4.69) is 5.32 Å². The molecule has 0 saturated carbocycles. The second-order valence-electron chi connectivity index (χ2n) is 8.14. The van der Waals surface area contributed by atoms with Gasteiger partial charge in [-0.1, -0.05) is 32.4 Å². The number of ether oxygens (including phenoxy) is 2. The van der Waals surface area contributed by atoms with Gasteiger partial charge in [-0.2, -0.15) is 0 Å². The summed E-state index contributed by atoms with van der Waals surface area (Å²) in [5.41, 5.74) is 2.43. The van der Waals surface area contributed by atoms with E-state index in [1.807, 2.05) is 13.8 Å². The number of dihydropyridines is 1. The van der Waals surface area contributed by atoms with Crippen LogP contribution >= 0.6 is 0 Å². The van der Waals surface area contributed by atoms with E-state index < -0.39 is 35.4 Å². The Hall–Kier alpha value is -2.96. The molecule has 1 aromatic rings. The minimum atomic E-state index is -0.970. The van der Waals surface area contributed by atoms with Crippen LogP contribution in [0.1, 0.15) is 58.4 Å². The van der Waals surface area contributed by atoms with Gasteiger partial charge >= 0.3 is 11.9 Å². The topological polar surface area (TPSA) is 81.7 Å². The lowest BCUT2D eigenvalue weighted by Gasteiger charge is -2.39. The molecule has 0 radical (unpaired) electrons. The Morgan fingerprint density at radius 3 is 2.50 bits per heavy atom. The first-order chi connectivity index (χ1) is 15.3. The van der Waals surface area contributed by atoms with Crippen LogP contribution in [0.5, 0.6) is 0 Å². The second kappa shape index (κ2) is 10.1. The van der Waals surface area contributed by atoms with Crippen molar-refractivity contribution in [3.8, 4) is 0 Å². The van der Waals surface area contributed by atoms with E-state index in [0.717, 1.165) is 6.42 Å². The van der Waals surface area contributed by atoms with Crippen LogP contribution in [-0.4, -0.2) is 30.9 Å². The van der Waals surface area contributed by atoms with Crippen molar-refractivity contribution in [2.75, 3.05) is 13.2 Å². The Labute approximate surface area is 187 Å². The molecule has 1 aromatic carbocycles. The summed E-state index contributed by atoms with van der Waals surface area (Å²) in [7, 11) is 0. The van der Waals surface area contributed by atoms with Crippen molar-refractivity contribution in [2.45, 2.75) is 52.9 Å². The van der Waals surface area contributed by atoms with E-state index >= 15 is 0 Å². The van der Waals surface area contributed by atoms with E-state index in [-0.39, 0.29) is 19.1 Å². The van der Waals surface area contributed by atoms with E-state index in [9.17, 15) is 18.8 Å². The molecule has 172 valence electrons. The molecule has 0 spiro atoms. The fourth-order valence-electron chi connectivity index (χ4n) is 4.62. The summed E-state index contributed by atoms with van der Waals surface area (Å²) in [6, 6.07) is 5.88. The van der Waals surface area contributed by atoms with Crippen LogP contribution in [0.3, 0.4) is 0 Å². The number of Topliss-reactive ketones (excluding diaryl/α,β-unsaturated/α-hetero) is 1. The van der Waals surface area contributed by atoms with E-state index in [1.165, 1.54) is 12.1 Å². The summed E-state index contributed by atoms with van der Waals surface area (Å²) in [6.45, 7) is 7.56. The second-order valence-corrected chi connectivity index (χ2v) is 8.14. The number of carbonyl (C=O) groups excluding carboxylic acids is 3. The zero-order valence-corrected chi connectivity index (χ0v) is 19.0. The Balaban J connectivity index is 2.21. The highest BCUT2D eigenvalue weighted by atomic mass is 19.1. The molecule has 32 heavy (non-hydrogen) atoms. The summed E-state index contributed by atoms with van der Waals surface area (Å²) < 4.78 is 24.7. The maximum absolute atomic E-state index is 14.2. The van der Waals surface area contributed by atoms with Gasteiger partial charge in [-0.15, -0.1) is 0 Å². The van der Waals surface area contributed by atoms with Crippen LogP contribution in [0.15, 0.2) is 46.8 Å². The van der Waals surface area contributed by atoms with Crippen molar-refractivity contribution in [3.63, 3.8) is 0 Å². The maximum Gasteiger partial charge on any atom is 0.336 e. The highest BCUT2D eigenvalue weighted by Crippen LogP contribution is 2.46. The largest absolute Gasteiger partial charge is 0.465 e. The number of hydrogen-bond donors (Lipinski definition) is 1.